The Balaban J connectivity index is 3.03. The molecule has 0 radical (unpaired) electrons. The van der Waals surface area contributed by atoms with Crippen molar-refractivity contribution >= 4 is 21.9 Å². The fourth-order valence-corrected chi connectivity index (χ4v) is 1.53. The molecule has 0 aromatic carbocycles. The number of carboxylic acid groups (broad SMARTS) is 1. The summed E-state index contributed by atoms with van der Waals surface area (Å²) in [5, 5.41) is 8.75. The maximum absolute atomic E-state index is 10.7. The largest absolute Gasteiger partial charge is 0.478 e. The Labute approximate surface area is 84.9 Å². The standard InChI is InChI=1S/C9H10BrNO2/c1-2-3-7-4-6(9(12)13)5-8(10)11-7/h4-5H,2-3H2,1H3,(H,12,13). The SMILES string of the molecule is CCCc1cc(C(=O)O)cc(Br)n1. The normalized spacial score (nSPS) is 10.0. The van der Waals surface area contributed by atoms with Gasteiger partial charge in [-0.25, -0.2) is 9.78 Å². The predicted molar refractivity (Wildman–Crippen MR) is 52.9 cm³/mol. The number of hydrogen-bond acceptors (Lipinski definition) is 2. The van der Waals surface area contributed by atoms with Crippen LogP contribution >= 0.6 is 15.9 Å². The van der Waals surface area contributed by atoms with Gasteiger partial charge in [-0.3, -0.25) is 0 Å². The van der Waals surface area contributed by atoms with E-state index in [1.807, 2.05) is 6.92 Å². The van der Waals surface area contributed by atoms with Crippen molar-refractivity contribution in [1.29, 1.82) is 0 Å². The summed E-state index contributed by atoms with van der Waals surface area (Å²) in [5.41, 5.74) is 1.10. The molecule has 3 nitrogen and oxygen atoms in total. The lowest BCUT2D eigenvalue weighted by atomic mass is 10.2. The number of hydrogen-bond donors (Lipinski definition) is 1. The lowest BCUT2D eigenvalue weighted by Gasteiger charge is -2.01. The van der Waals surface area contributed by atoms with Crippen LogP contribution < -0.4 is 0 Å². The topological polar surface area (TPSA) is 50.2 Å². The van der Waals surface area contributed by atoms with Gasteiger partial charge in [-0.1, -0.05) is 13.3 Å². The molecule has 0 saturated carbocycles. The van der Waals surface area contributed by atoms with E-state index >= 15 is 0 Å². The summed E-state index contributed by atoms with van der Waals surface area (Å²) in [5.74, 6) is -0.916. The van der Waals surface area contributed by atoms with E-state index in [-0.39, 0.29) is 5.56 Å². The Hall–Kier alpha value is -0.900. The van der Waals surface area contributed by atoms with Crippen molar-refractivity contribution in [2.45, 2.75) is 19.8 Å². The molecule has 0 unspecified atom stereocenters. The minimum absolute atomic E-state index is 0.283. The van der Waals surface area contributed by atoms with Crippen molar-refractivity contribution in [3.8, 4) is 0 Å². The first-order chi connectivity index (χ1) is 6.13. The number of aromatic nitrogens is 1. The van der Waals surface area contributed by atoms with E-state index in [1.54, 1.807) is 6.07 Å². The maximum atomic E-state index is 10.7. The van der Waals surface area contributed by atoms with E-state index in [9.17, 15) is 4.79 Å². The van der Waals surface area contributed by atoms with Crippen molar-refractivity contribution < 1.29 is 9.90 Å². The molecule has 1 aromatic rings. The van der Waals surface area contributed by atoms with Gasteiger partial charge in [0.15, 0.2) is 0 Å². The number of carbonyl (C=O) groups is 1. The van der Waals surface area contributed by atoms with Gasteiger partial charge in [-0.2, -0.15) is 0 Å². The molecular formula is C9H10BrNO2. The fourth-order valence-electron chi connectivity index (χ4n) is 1.06. The third-order valence-corrected chi connectivity index (χ3v) is 2.01. The van der Waals surface area contributed by atoms with Gasteiger partial charge < -0.3 is 5.11 Å². The molecular weight excluding hydrogens is 234 g/mol. The molecule has 1 rings (SSSR count). The number of aromatic carboxylic acids is 1. The van der Waals surface area contributed by atoms with Crippen molar-refractivity contribution in [3.05, 3.63) is 28.0 Å². The molecule has 1 N–H and O–H groups in total. The highest BCUT2D eigenvalue weighted by atomic mass is 79.9. The molecule has 0 aliphatic heterocycles. The van der Waals surface area contributed by atoms with Gasteiger partial charge in [0.1, 0.15) is 4.60 Å². The van der Waals surface area contributed by atoms with Gasteiger partial charge in [0.2, 0.25) is 0 Å². The lowest BCUT2D eigenvalue weighted by molar-refractivity contribution is 0.0696. The highest BCUT2D eigenvalue weighted by Gasteiger charge is 2.06. The second-order valence-corrected chi connectivity index (χ2v) is 3.54. The van der Waals surface area contributed by atoms with Crippen LogP contribution in [0.25, 0.3) is 0 Å². The average Bonchev–Trinajstić information content (AvgIpc) is 2.03. The monoisotopic (exact) mass is 243 g/mol. The van der Waals surface area contributed by atoms with Crippen LogP contribution in [0.4, 0.5) is 0 Å². The molecule has 0 spiro atoms. The molecule has 0 bridgehead atoms. The molecule has 0 atom stereocenters. The van der Waals surface area contributed by atoms with E-state index in [0.717, 1.165) is 18.5 Å². The van der Waals surface area contributed by atoms with Crippen LogP contribution in [0, 0.1) is 0 Å². The first-order valence-corrected chi connectivity index (χ1v) is 4.82. The van der Waals surface area contributed by atoms with Crippen LogP contribution in [0.1, 0.15) is 29.4 Å². The lowest BCUT2D eigenvalue weighted by Crippen LogP contribution is -2.00. The molecule has 70 valence electrons. The van der Waals surface area contributed by atoms with E-state index in [4.69, 9.17) is 5.11 Å². The minimum Gasteiger partial charge on any atom is -0.478 e. The third-order valence-electron chi connectivity index (χ3n) is 1.60. The van der Waals surface area contributed by atoms with Gasteiger partial charge in [-0.05, 0) is 34.5 Å². The number of halogens is 1. The summed E-state index contributed by atoms with van der Waals surface area (Å²) < 4.78 is 0.579. The van der Waals surface area contributed by atoms with Crippen molar-refractivity contribution in [2.75, 3.05) is 0 Å². The van der Waals surface area contributed by atoms with Gasteiger partial charge in [0, 0.05) is 5.69 Å². The number of aryl methyl sites for hydroxylation is 1. The van der Waals surface area contributed by atoms with Crippen molar-refractivity contribution in [3.63, 3.8) is 0 Å². The van der Waals surface area contributed by atoms with Crippen LogP contribution in [-0.4, -0.2) is 16.1 Å². The van der Waals surface area contributed by atoms with Crippen LogP contribution in [0.5, 0.6) is 0 Å². The summed E-state index contributed by atoms with van der Waals surface area (Å²) in [4.78, 5) is 14.8. The van der Waals surface area contributed by atoms with Gasteiger partial charge >= 0.3 is 5.97 Å². The molecule has 1 heterocycles. The molecule has 0 amide bonds. The quantitative estimate of drug-likeness (QED) is 0.831. The highest BCUT2D eigenvalue weighted by molar-refractivity contribution is 9.10. The summed E-state index contributed by atoms with van der Waals surface area (Å²) >= 11 is 3.18. The minimum atomic E-state index is -0.916. The molecule has 0 fully saturated rings. The summed E-state index contributed by atoms with van der Waals surface area (Å²) in [6, 6.07) is 3.11. The van der Waals surface area contributed by atoms with Gasteiger partial charge in [-0.15, -0.1) is 0 Å². The van der Waals surface area contributed by atoms with E-state index in [1.165, 1.54) is 6.07 Å². The Morgan fingerprint density at radius 3 is 2.85 bits per heavy atom. The zero-order chi connectivity index (χ0) is 9.84. The second kappa shape index (κ2) is 4.37. The zero-order valence-electron chi connectivity index (χ0n) is 7.25. The van der Waals surface area contributed by atoms with Crippen molar-refractivity contribution in [2.24, 2.45) is 0 Å². The molecule has 0 aliphatic carbocycles. The predicted octanol–water partition coefficient (Wildman–Crippen LogP) is 2.49. The molecule has 4 heteroatoms. The maximum Gasteiger partial charge on any atom is 0.335 e. The van der Waals surface area contributed by atoms with Crippen LogP contribution in [-0.2, 0) is 6.42 Å². The third kappa shape index (κ3) is 2.81. The molecule has 0 saturated heterocycles. The van der Waals surface area contributed by atoms with Crippen LogP contribution in [0.2, 0.25) is 0 Å². The van der Waals surface area contributed by atoms with E-state index in [0.29, 0.717) is 4.60 Å². The first kappa shape index (κ1) is 10.2. The van der Waals surface area contributed by atoms with E-state index in [2.05, 4.69) is 20.9 Å². The Morgan fingerprint density at radius 2 is 2.31 bits per heavy atom. The van der Waals surface area contributed by atoms with Gasteiger partial charge in [0.05, 0.1) is 5.56 Å². The molecule has 13 heavy (non-hydrogen) atoms. The zero-order valence-corrected chi connectivity index (χ0v) is 8.84. The number of rotatable bonds is 3. The summed E-state index contributed by atoms with van der Waals surface area (Å²) in [6.45, 7) is 2.03. The van der Waals surface area contributed by atoms with Gasteiger partial charge in [0.25, 0.3) is 0 Å². The number of nitrogens with zero attached hydrogens (tertiary/aromatic N) is 1. The molecule has 0 aliphatic rings. The smallest absolute Gasteiger partial charge is 0.335 e. The van der Waals surface area contributed by atoms with E-state index < -0.39 is 5.97 Å². The van der Waals surface area contributed by atoms with Crippen LogP contribution in [0.15, 0.2) is 16.7 Å². The number of carboxylic acids is 1. The van der Waals surface area contributed by atoms with Crippen molar-refractivity contribution in [1.82, 2.24) is 4.98 Å². The first-order valence-electron chi connectivity index (χ1n) is 4.03. The summed E-state index contributed by atoms with van der Waals surface area (Å²) in [6.07, 6.45) is 1.77. The molecule has 1 aromatic heterocycles. The number of pyridine rings is 1. The average molecular weight is 244 g/mol. The Morgan fingerprint density at radius 1 is 1.62 bits per heavy atom. The summed E-state index contributed by atoms with van der Waals surface area (Å²) in [7, 11) is 0. The van der Waals surface area contributed by atoms with Crippen LogP contribution in [0.3, 0.4) is 0 Å². The Bertz CT molecular complexity index is 325. The fraction of sp³-hybridized carbons (Fsp3) is 0.333. The Kier molecular flexibility index (Phi) is 3.42. The highest BCUT2D eigenvalue weighted by Crippen LogP contribution is 2.12. The second-order valence-electron chi connectivity index (χ2n) is 2.73.